The lowest BCUT2D eigenvalue weighted by molar-refractivity contribution is 0.0752. The van der Waals surface area contributed by atoms with Crippen molar-refractivity contribution in [3.63, 3.8) is 0 Å². The van der Waals surface area contributed by atoms with Crippen LogP contribution in [0.3, 0.4) is 0 Å². The average molecular weight is 362 g/mol. The van der Waals surface area contributed by atoms with Gasteiger partial charge in [0.25, 0.3) is 15.9 Å². The SMILES string of the molecule is CCN(Cc1ccccc1C)C(=O)c1ccc(S(=O)(=O)NOC)cc1. The zero-order valence-electron chi connectivity index (χ0n) is 14.5. The minimum atomic E-state index is -3.73. The number of benzene rings is 2. The Kier molecular flexibility index (Phi) is 6.30. The molecule has 0 aromatic heterocycles. The monoisotopic (exact) mass is 362 g/mol. The Labute approximate surface area is 148 Å². The first kappa shape index (κ1) is 19.1. The van der Waals surface area contributed by atoms with E-state index in [1.54, 1.807) is 4.90 Å². The molecule has 2 rings (SSSR count). The number of amides is 1. The van der Waals surface area contributed by atoms with Gasteiger partial charge in [-0.3, -0.25) is 9.63 Å². The minimum absolute atomic E-state index is 0.0350. The number of sulfonamides is 1. The smallest absolute Gasteiger partial charge is 0.262 e. The van der Waals surface area contributed by atoms with E-state index in [0.29, 0.717) is 18.7 Å². The van der Waals surface area contributed by atoms with Gasteiger partial charge in [0, 0.05) is 18.7 Å². The topological polar surface area (TPSA) is 75.7 Å². The highest BCUT2D eigenvalue weighted by atomic mass is 32.2. The molecular weight excluding hydrogens is 340 g/mol. The molecule has 2 aromatic carbocycles. The highest BCUT2D eigenvalue weighted by Gasteiger charge is 2.18. The van der Waals surface area contributed by atoms with E-state index in [9.17, 15) is 13.2 Å². The van der Waals surface area contributed by atoms with E-state index in [1.807, 2.05) is 43.0 Å². The minimum Gasteiger partial charge on any atom is -0.335 e. The Bertz CT molecular complexity index is 832. The summed E-state index contributed by atoms with van der Waals surface area (Å²) in [5.41, 5.74) is 2.65. The van der Waals surface area contributed by atoms with Crippen LogP contribution in [0.1, 0.15) is 28.4 Å². The Morgan fingerprint density at radius 2 is 1.76 bits per heavy atom. The van der Waals surface area contributed by atoms with Crippen LogP contribution >= 0.6 is 0 Å². The predicted molar refractivity (Wildman–Crippen MR) is 95.4 cm³/mol. The summed E-state index contributed by atoms with van der Waals surface area (Å²) in [6.07, 6.45) is 0. The third kappa shape index (κ3) is 4.66. The number of rotatable bonds is 7. The molecule has 0 spiro atoms. The van der Waals surface area contributed by atoms with Crippen LogP contribution in [0, 0.1) is 6.92 Å². The number of hydrogen-bond acceptors (Lipinski definition) is 4. The first-order chi connectivity index (χ1) is 11.9. The number of carbonyl (C=O) groups excluding carboxylic acids is 1. The van der Waals surface area contributed by atoms with Crippen molar-refractivity contribution < 1.29 is 18.0 Å². The van der Waals surface area contributed by atoms with E-state index in [0.717, 1.165) is 11.1 Å². The summed E-state index contributed by atoms with van der Waals surface area (Å²) in [5.74, 6) is -0.144. The van der Waals surface area contributed by atoms with E-state index < -0.39 is 10.0 Å². The number of nitrogens with zero attached hydrogens (tertiary/aromatic N) is 1. The zero-order chi connectivity index (χ0) is 18.4. The van der Waals surface area contributed by atoms with Crippen molar-refractivity contribution >= 4 is 15.9 Å². The van der Waals surface area contributed by atoms with Crippen molar-refractivity contribution in [2.75, 3.05) is 13.7 Å². The van der Waals surface area contributed by atoms with Crippen LogP contribution in [-0.4, -0.2) is 32.9 Å². The van der Waals surface area contributed by atoms with Crippen molar-refractivity contribution in [1.29, 1.82) is 0 Å². The largest absolute Gasteiger partial charge is 0.335 e. The van der Waals surface area contributed by atoms with Gasteiger partial charge in [0.2, 0.25) is 0 Å². The molecule has 2 aromatic rings. The standard InChI is InChI=1S/C18H22N2O4S/c1-4-20(13-16-8-6-5-7-14(16)2)18(21)15-9-11-17(12-10-15)25(22,23)19-24-3/h5-12,19H,4,13H2,1-3H3. The van der Waals surface area contributed by atoms with E-state index in [2.05, 4.69) is 4.84 Å². The highest BCUT2D eigenvalue weighted by molar-refractivity contribution is 7.89. The zero-order valence-corrected chi connectivity index (χ0v) is 15.3. The second-order valence-electron chi connectivity index (χ2n) is 5.56. The van der Waals surface area contributed by atoms with Gasteiger partial charge in [-0.1, -0.05) is 29.2 Å². The molecule has 25 heavy (non-hydrogen) atoms. The fourth-order valence-corrected chi connectivity index (χ4v) is 3.25. The molecule has 0 saturated carbocycles. The van der Waals surface area contributed by atoms with Gasteiger partial charge < -0.3 is 4.90 Å². The molecule has 1 amide bonds. The summed E-state index contributed by atoms with van der Waals surface area (Å²) < 4.78 is 23.7. The maximum absolute atomic E-state index is 12.7. The van der Waals surface area contributed by atoms with Gasteiger partial charge in [-0.15, -0.1) is 0 Å². The van der Waals surface area contributed by atoms with Gasteiger partial charge in [0.05, 0.1) is 12.0 Å². The molecule has 134 valence electrons. The van der Waals surface area contributed by atoms with Crippen LogP contribution in [0.15, 0.2) is 53.4 Å². The van der Waals surface area contributed by atoms with Crippen molar-refractivity contribution in [2.24, 2.45) is 0 Å². The van der Waals surface area contributed by atoms with E-state index >= 15 is 0 Å². The summed E-state index contributed by atoms with van der Waals surface area (Å²) in [7, 11) is -2.51. The first-order valence-corrected chi connectivity index (χ1v) is 9.36. The van der Waals surface area contributed by atoms with Crippen molar-refractivity contribution in [3.05, 3.63) is 65.2 Å². The predicted octanol–water partition coefficient (Wildman–Crippen LogP) is 2.50. The lowest BCUT2D eigenvalue weighted by Gasteiger charge is -2.22. The number of nitrogens with one attached hydrogen (secondary N) is 1. The molecule has 0 aliphatic rings. The summed E-state index contributed by atoms with van der Waals surface area (Å²) in [4.78, 5) is 20.9. The van der Waals surface area contributed by atoms with Gasteiger partial charge in [-0.25, -0.2) is 8.42 Å². The van der Waals surface area contributed by atoms with Crippen molar-refractivity contribution in [1.82, 2.24) is 9.79 Å². The molecule has 0 bridgehead atoms. The van der Waals surface area contributed by atoms with Gasteiger partial charge in [0.1, 0.15) is 0 Å². The molecule has 0 aliphatic heterocycles. The Morgan fingerprint density at radius 3 is 2.32 bits per heavy atom. The van der Waals surface area contributed by atoms with Crippen LogP contribution in [-0.2, 0) is 21.4 Å². The number of hydrogen-bond donors (Lipinski definition) is 1. The average Bonchev–Trinajstić information content (AvgIpc) is 2.60. The van der Waals surface area contributed by atoms with Crippen LogP contribution in [0.2, 0.25) is 0 Å². The third-order valence-electron chi connectivity index (χ3n) is 3.90. The van der Waals surface area contributed by atoms with Gasteiger partial charge in [-0.05, 0) is 49.2 Å². The van der Waals surface area contributed by atoms with Crippen LogP contribution in [0.4, 0.5) is 0 Å². The van der Waals surface area contributed by atoms with Gasteiger partial charge >= 0.3 is 0 Å². The maximum Gasteiger partial charge on any atom is 0.262 e. The molecule has 7 heteroatoms. The molecule has 1 N–H and O–H groups in total. The Balaban J connectivity index is 2.19. The molecule has 6 nitrogen and oxygen atoms in total. The molecule has 0 heterocycles. The Morgan fingerprint density at radius 1 is 1.12 bits per heavy atom. The number of aryl methyl sites for hydroxylation is 1. The van der Waals surface area contributed by atoms with Gasteiger partial charge in [0.15, 0.2) is 0 Å². The first-order valence-electron chi connectivity index (χ1n) is 7.87. The van der Waals surface area contributed by atoms with Crippen molar-refractivity contribution in [3.8, 4) is 0 Å². The molecule has 0 unspecified atom stereocenters. The summed E-state index contributed by atoms with van der Waals surface area (Å²) in [5, 5.41) is 0. The van der Waals surface area contributed by atoms with Crippen LogP contribution in [0.25, 0.3) is 0 Å². The molecule has 0 aliphatic carbocycles. The van der Waals surface area contributed by atoms with Gasteiger partial charge in [-0.2, -0.15) is 0 Å². The fourth-order valence-electron chi connectivity index (χ4n) is 2.44. The highest BCUT2D eigenvalue weighted by Crippen LogP contribution is 2.15. The normalized spacial score (nSPS) is 11.3. The lowest BCUT2D eigenvalue weighted by atomic mass is 10.1. The molecule has 0 saturated heterocycles. The second-order valence-corrected chi connectivity index (χ2v) is 7.21. The maximum atomic E-state index is 12.7. The van der Waals surface area contributed by atoms with Crippen LogP contribution in [0.5, 0.6) is 0 Å². The molecular formula is C18H22N2O4S. The van der Waals surface area contributed by atoms with Crippen molar-refractivity contribution in [2.45, 2.75) is 25.3 Å². The lowest BCUT2D eigenvalue weighted by Crippen LogP contribution is -2.30. The molecule has 0 radical (unpaired) electrons. The quantitative estimate of drug-likeness (QED) is 0.768. The third-order valence-corrected chi connectivity index (χ3v) is 5.17. The molecule has 0 atom stereocenters. The Hall–Kier alpha value is -2.22. The van der Waals surface area contributed by atoms with E-state index in [1.165, 1.54) is 31.4 Å². The number of carbonyl (C=O) groups is 1. The van der Waals surface area contributed by atoms with E-state index in [-0.39, 0.29) is 10.8 Å². The molecule has 0 fully saturated rings. The summed E-state index contributed by atoms with van der Waals surface area (Å²) >= 11 is 0. The second kappa shape index (κ2) is 8.24. The van der Waals surface area contributed by atoms with Crippen LogP contribution < -0.4 is 4.89 Å². The summed E-state index contributed by atoms with van der Waals surface area (Å²) in [6.45, 7) is 4.99. The van der Waals surface area contributed by atoms with E-state index in [4.69, 9.17) is 0 Å². The fraction of sp³-hybridized carbons (Fsp3) is 0.278. The summed E-state index contributed by atoms with van der Waals surface area (Å²) in [6, 6.07) is 13.7.